The minimum atomic E-state index is -0.0716. The van der Waals surface area contributed by atoms with Gasteiger partial charge in [-0.3, -0.25) is 4.79 Å². The minimum Gasteiger partial charge on any atom is -0.334 e. The molecule has 0 saturated heterocycles. The van der Waals surface area contributed by atoms with E-state index in [1.807, 2.05) is 30.3 Å². The number of fused-ring (bicyclic) bond motifs is 1. The van der Waals surface area contributed by atoms with Crippen molar-refractivity contribution < 1.29 is 4.79 Å². The van der Waals surface area contributed by atoms with Crippen LogP contribution in [0.25, 0.3) is 0 Å². The molecule has 1 aliphatic heterocycles. The second-order valence-electron chi connectivity index (χ2n) is 5.35. The van der Waals surface area contributed by atoms with Crippen LogP contribution >= 0.6 is 23.2 Å². The summed E-state index contributed by atoms with van der Waals surface area (Å²) in [6.45, 7) is 4.72. The third-order valence-corrected chi connectivity index (χ3v) is 4.73. The number of amides is 1. The molecule has 0 N–H and O–H groups in total. The van der Waals surface area contributed by atoms with Gasteiger partial charge < -0.3 is 4.90 Å². The molecular weight excluding hydrogens is 317 g/mol. The van der Waals surface area contributed by atoms with E-state index in [9.17, 15) is 4.79 Å². The number of halogens is 2. The highest BCUT2D eigenvalue weighted by Gasteiger charge is 2.29. The number of hydrogen-bond acceptors (Lipinski definition) is 1. The summed E-state index contributed by atoms with van der Waals surface area (Å²) in [5.74, 6) is 0.0151. The van der Waals surface area contributed by atoms with Crippen LogP contribution in [0.1, 0.15) is 22.6 Å². The fraction of sp³-hybridized carbons (Fsp3) is 0.167. The van der Waals surface area contributed by atoms with Gasteiger partial charge in [-0.2, -0.15) is 0 Å². The van der Waals surface area contributed by atoms with Gasteiger partial charge in [0, 0.05) is 19.0 Å². The Labute approximate surface area is 140 Å². The van der Waals surface area contributed by atoms with Gasteiger partial charge in [0.1, 0.15) is 0 Å². The second kappa shape index (κ2) is 6.15. The Morgan fingerprint density at radius 1 is 1.18 bits per heavy atom. The monoisotopic (exact) mass is 331 g/mol. The van der Waals surface area contributed by atoms with E-state index in [1.54, 1.807) is 4.90 Å². The molecule has 22 heavy (non-hydrogen) atoms. The summed E-state index contributed by atoms with van der Waals surface area (Å²) in [6.07, 6.45) is 1.35. The summed E-state index contributed by atoms with van der Waals surface area (Å²) in [6, 6.07) is 13.9. The molecule has 2 aromatic rings. The first-order valence-corrected chi connectivity index (χ1v) is 7.80. The fourth-order valence-corrected chi connectivity index (χ4v) is 3.28. The van der Waals surface area contributed by atoms with E-state index in [-0.39, 0.29) is 11.8 Å². The molecule has 0 saturated carbocycles. The molecule has 1 atom stereocenters. The van der Waals surface area contributed by atoms with Crippen LogP contribution in [0.5, 0.6) is 0 Å². The van der Waals surface area contributed by atoms with Gasteiger partial charge in [-0.1, -0.05) is 60.1 Å². The van der Waals surface area contributed by atoms with Gasteiger partial charge >= 0.3 is 0 Å². The Balaban J connectivity index is 2.11. The third kappa shape index (κ3) is 2.77. The van der Waals surface area contributed by atoms with Crippen molar-refractivity contribution in [3.05, 3.63) is 81.9 Å². The van der Waals surface area contributed by atoms with Crippen molar-refractivity contribution >= 4 is 29.1 Å². The highest BCUT2D eigenvalue weighted by Crippen LogP contribution is 2.37. The highest BCUT2D eigenvalue weighted by molar-refractivity contribution is 6.42. The van der Waals surface area contributed by atoms with Gasteiger partial charge in [0.05, 0.1) is 10.0 Å². The molecule has 0 radical (unpaired) electrons. The zero-order chi connectivity index (χ0) is 15.7. The van der Waals surface area contributed by atoms with Crippen molar-refractivity contribution in [1.82, 2.24) is 4.90 Å². The van der Waals surface area contributed by atoms with Crippen LogP contribution in [0.3, 0.4) is 0 Å². The van der Waals surface area contributed by atoms with Gasteiger partial charge in [-0.25, -0.2) is 0 Å². The van der Waals surface area contributed by atoms with Crippen molar-refractivity contribution in [2.75, 3.05) is 6.54 Å². The number of benzene rings is 2. The van der Waals surface area contributed by atoms with Crippen LogP contribution in [0, 0.1) is 0 Å². The molecule has 1 amide bonds. The summed E-state index contributed by atoms with van der Waals surface area (Å²) in [5.41, 5.74) is 3.32. The lowest BCUT2D eigenvalue weighted by Crippen LogP contribution is -2.37. The molecule has 1 aliphatic rings. The number of nitrogens with zero attached hydrogens (tertiary/aromatic N) is 1. The van der Waals surface area contributed by atoms with E-state index in [0.29, 0.717) is 23.1 Å². The van der Waals surface area contributed by atoms with Crippen molar-refractivity contribution in [2.24, 2.45) is 0 Å². The van der Waals surface area contributed by atoms with Crippen molar-refractivity contribution in [2.45, 2.75) is 12.5 Å². The SMILES string of the molecule is C=CC(=O)N1Cc2cc(Cl)c(Cl)cc2[C@H](c2ccccc2)C1. The second-order valence-corrected chi connectivity index (χ2v) is 6.17. The van der Waals surface area contributed by atoms with E-state index in [4.69, 9.17) is 23.2 Å². The largest absolute Gasteiger partial charge is 0.334 e. The average molecular weight is 332 g/mol. The normalized spacial score (nSPS) is 17.0. The molecule has 112 valence electrons. The first kappa shape index (κ1) is 15.1. The molecular formula is C18H15Cl2NO. The first-order chi connectivity index (χ1) is 10.6. The van der Waals surface area contributed by atoms with Gasteiger partial charge in [0.2, 0.25) is 5.91 Å². The Morgan fingerprint density at radius 3 is 2.55 bits per heavy atom. The molecule has 1 heterocycles. The number of carbonyl (C=O) groups is 1. The van der Waals surface area contributed by atoms with E-state index < -0.39 is 0 Å². The zero-order valence-electron chi connectivity index (χ0n) is 11.9. The predicted molar refractivity (Wildman–Crippen MR) is 90.4 cm³/mol. The standard InChI is InChI=1S/C18H15Cl2NO/c1-2-18(22)21-10-13-8-16(19)17(20)9-14(13)15(11-21)12-6-4-3-5-7-12/h2-9,15H,1,10-11H2/t15-/m0/s1. The van der Waals surface area contributed by atoms with Gasteiger partial charge in [0.15, 0.2) is 0 Å². The smallest absolute Gasteiger partial charge is 0.246 e. The lowest BCUT2D eigenvalue weighted by atomic mass is 9.84. The maximum absolute atomic E-state index is 12.1. The Bertz CT molecular complexity index is 727. The summed E-state index contributed by atoms with van der Waals surface area (Å²) in [5, 5.41) is 1.06. The topological polar surface area (TPSA) is 20.3 Å². The highest BCUT2D eigenvalue weighted by atomic mass is 35.5. The molecule has 0 aliphatic carbocycles. The molecule has 0 aromatic heterocycles. The number of rotatable bonds is 2. The molecule has 0 spiro atoms. The van der Waals surface area contributed by atoms with Gasteiger partial charge in [-0.05, 0) is 34.9 Å². The maximum Gasteiger partial charge on any atom is 0.246 e. The van der Waals surface area contributed by atoms with Crippen LogP contribution < -0.4 is 0 Å². The minimum absolute atomic E-state index is 0.0716. The molecule has 0 fully saturated rings. The van der Waals surface area contributed by atoms with E-state index >= 15 is 0 Å². The molecule has 3 rings (SSSR count). The zero-order valence-corrected chi connectivity index (χ0v) is 13.4. The third-order valence-electron chi connectivity index (χ3n) is 4.01. The number of hydrogen-bond donors (Lipinski definition) is 0. The molecule has 0 unspecified atom stereocenters. The maximum atomic E-state index is 12.1. The summed E-state index contributed by atoms with van der Waals surface area (Å²) < 4.78 is 0. The quantitative estimate of drug-likeness (QED) is 0.733. The van der Waals surface area contributed by atoms with Crippen LogP contribution in [0.4, 0.5) is 0 Å². The fourth-order valence-electron chi connectivity index (χ4n) is 2.92. The van der Waals surface area contributed by atoms with Crippen LogP contribution in [-0.4, -0.2) is 17.4 Å². The van der Waals surface area contributed by atoms with Gasteiger partial charge in [-0.15, -0.1) is 0 Å². The lowest BCUT2D eigenvalue weighted by Gasteiger charge is -2.35. The Morgan fingerprint density at radius 2 is 1.86 bits per heavy atom. The van der Waals surface area contributed by atoms with Crippen molar-refractivity contribution in [1.29, 1.82) is 0 Å². The molecule has 2 nitrogen and oxygen atoms in total. The van der Waals surface area contributed by atoms with Crippen molar-refractivity contribution in [3.63, 3.8) is 0 Å². The van der Waals surface area contributed by atoms with Gasteiger partial charge in [0.25, 0.3) is 0 Å². The van der Waals surface area contributed by atoms with Crippen LogP contribution in [0.2, 0.25) is 10.0 Å². The molecule has 4 heteroatoms. The van der Waals surface area contributed by atoms with E-state index in [1.165, 1.54) is 6.08 Å². The van der Waals surface area contributed by atoms with Crippen molar-refractivity contribution in [3.8, 4) is 0 Å². The van der Waals surface area contributed by atoms with E-state index in [0.717, 1.165) is 16.7 Å². The molecule has 0 bridgehead atoms. The Kier molecular flexibility index (Phi) is 4.23. The first-order valence-electron chi connectivity index (χ1n) is 7.04. The number of carbonyl (C=O) groups excluding carboxylic acids is 1. The summed E-state index contributed by atoms with van der Waals surface area (Å²) >= 11 is 12.3. The molecule has 2 aromatic carbocycles. The Hall–Kier alpha value is -1.77. The van der Waals surface area contributed by atoms with E-state index in [2.05, 4.69) is 18.7 Å². The summed E-state index contributed by atoms with van der Waals surface area (Å²) in [4.78, 5) is 13.8. The lowest BCUT2D eigenvalue weighted by molar-refractivity contribution is -0.127. The summed E-state index contributed by atoms with van der Waals surface area (Å²) in [7, 11) is 0. The average Bonchev–Trinajstić information content (AvgIpc) is 2.55. The van der Waals surface area contributed by atoms with Crippen LogP contribution in [-0.2, 0) is 11.3 Å². The predicted octanol–water partition coefficient (Wildman–Crippen LogP) is 4.65. The van der Waals surface area contributed by atoms with Crippen LogP contribution in [0.15, 0.2) is 55.1 Å².